The Bertz CT molecular complexity index is 1870. The van der Waals surface area contributed by atoms with E-state index < -0.39 is 84.4 Å². The van der Waals surface area contributed by atoms with Crippen LogP contribution in [0, 0.1) is 17.3 Å². The molecule has 29 heteroatoms. The van der Waals surface area contributed by atoms with E-state index in [9.17, 15) is 57.6 Å². The Morgan fingerprint density at radius 2 is 1.74 bits per heavy atom. The average Bonchev–Trinajstić information content (AvgIpc) is 3.64. The van der Waals surface area contributed by atoms with E-state index in [1.807, 2.05) is 0 Å². The molecule has 25 nitrogen and oxygen atoms in total. The predicted octanol–water partition coefficient (Wildman–Crippen LogP) is 0.0932. The van der Waals surface area contributed by atoms with Gasteiger partial charge in [-0.25, -0.2) is 28.6 Å². The number of anilines is 1. The molecule has 0 spiro atoms. The maximum atomic E-state index is 12.7. The van der Waals surface area contributed by atoms with Crippen molar-refractivity contribution in [2.24, 2.45) is 17.3 Å². The molecule has 3 heterocycles. The zero-order valence-corrected chi connectivity index (χ0v) is 34.3. The largest absolute Gasteiger partial charge is 0.481 e. The number of phosphoric acid groups is 3. The predicted molar refractivity (Wildman–Crippen MR) is 197 cm³/mol. The molecule has 322 valence electrons. The van der Waals surface area contributed by atoms with E-state index in [1.165, 1.54) is 25.6 Å². The fourth-order valence-electron chi connectivity index (χ4n) is 5.23. The average molecular weight is 894 g/mol. The van der Waals surface area contributed by atoms with Crippen LogP contribution in [0.25, 0.3) is 11.2 Å². The van der Waals surface area contributed by atoms with E-state index in [4.69, 9.17) is 24.6 Å². The second kappa shape index (κ2) is 20.9. The number of aldehydes is 1. The highest BCUT2D eigenvalue weighted by Crippen LogP contribution is 2.61. The van der Waals surface area contributed by atoms with Crippen LogP contribution in [0.1, 0.15) is 46.3 Å². The summed E-state index contributed by atoms with van der Waals surface area (Å²) in [4.78, 5) is 97.7. The number of aliphatic hydroxyl groups is 1. The molecule has 8 atom stereocenters. The number of carbonyl (C=O) groups is 4. The minimum atomic E-state index is -5.51. The van der Waals surface area contributed by atoms with Gasteiger partial charge in [0.05, 0.1) is 19.5 Å². The Morgan fingerprint density at radius 1 is 1.07 bits per heavy atom. The van der Waals surface area contributed by atoms with Gasteiger partial charge in [-0.05, 0) is 11.3 Å². The number of fused-ring (bicyclic) bond motifs is 1. The van der Waals surface area contributed by atoms with Crippen LogP contribution >= 0.6 is 35.2 Å². The third-order valence-electron chi connectivity index (χ3n) is 8.05. The summed E-state index contributed by atoms with van der Waals surface area (Å²) < 4.78 is 62.2. The number of ether oxygens (including phenoxy) is 1. The minimum absolute atomic E-state index is 0.0356. The summed E-state index contributed by atoms with van der Waals surface area (Å²) in [5, 5.41) is 24.9. The molecular formula is C28H46N7O18P3S. The maximum absolute atomic E-state index is 12.7. The monoisotopic (exact) mass is 893 g/mol. The molecule has 57 heavy (non-hydrogen) atoms. The van der Waals surface area contributed by atoms with E-state index >= 15 is 0 Å². The number of nitrogen functional groups attached to an aromatic ring is 1. The fraction of sp³-hybridized carbons (Fsp3) is 0.679. The molecule has 2 aromatic rings. The number of nitrogens with zero attached hydrogens (tertiary/aromatic N) is 4. The normalized spacial score (nSPS) is 22.0. The van der Waals surface area contributed by atoms with E-state index in [-0.39, 0.29) is 61.2 Å². The molecule has 2 aromatic heterocycles. The van der Waals surface area contributed by atoms with Gasteiger partial charge >= 0.3 is 29.4 Å². The Balaban J connectivity index is 1.43. The molecule has 0 aromatic carbocycles. The summed E-state index contributed by atoms with van der Waals surface area (Å²) in [6.07, 6.45) is -4.54. The van der Waals surface area contributed by atoms with E-state index in [2.05, 4.69) is 34.4 Å². The van der Waals surface area contributed by atoms with E-state index in [0.29, 0.717) is 11.5 Å². The van der Waals surface area contributed by atoms with Crippen molar-refractivity contribution in [1.82, 2.24) is 30.2 Å². The number of aliphatic carboxylic acids is 1. The summed E-state index contributed by atoms with van der Waals surface area (Å²) >= 11 is 1.38. The van der Waals surface area contributed by atoms with Crippen molar-refractivity contribution in [2.45, 2.75) is 64.6 Å². The molecule has 0 radical (unpaired) electrons. The van der Waals surface area contributed by atoms with Gasteiger partial charge in [-0.2, -0.15) is 16.1 Å². The first kappa shape index (κ1) is 48.4. The summed E-state index contributed by atoms with van der Waals surface area (Å²) in [5.41, 5.74) is 4.75. The molecule has 0 saturated carbocycles. The number of carboxylic acids is 1. The van der Waals surface area contributed by atoms with Crippen molar-refractivity contribution in [3.05, 3.63) is 12.7 Å². The first-order valence-electron chi connectivity index (χ1n) is 16.9. The molecule has 1 fully saturated rings. The van der Waals surface area contributed by atoms with Crippen molar-refractivity contribution in [3.8, 4) is 0 Å². The number of aromatic nitrogens is 4. The SMILES string of the molecule is CC(CC(=O)O)C(C=O)CSCCNC(=O)CCNC(=O)CC(C)(C)COP(=O)(O)OP(=O)(O)OC[C@H]1OC(n2cnc3c(N)ncnc32)[C@H](O)C1OP(=O)(O)O. The number of amides is 2. The number of carbonyl (C=O) groups excluding carboxylic acids is 3. The summed E-state index contributed by atoms with van der Waals surface area (Å²) in [6, 6.07) is 0. The number of phosphoric ester groups is 3. The number of rotatable bonds is 25. The highest BCUT2D eigenvalue weighted by atomic mass is 32.2. The lowest BCUT2D eigenvalue weighted by Gasteiger charge is -2.25. The molecule has 10 N–H and O–H groups in total. The van der Waals surface area contributed by atoms with Gasteiger partial charge in [-0.3, -0.25) is 32.5 Å². The van der Waals surface area contributed by atoms with Crippen molar-refractivity contribution < 1.29 is 85.3 Å². The Hall–Kier alpha value is -2.93. The standard InChI is InChI=1S/C28H46N7O18P3S/c1-16(8-21(39)40)17(10-36)12-57-7-6-31-19(37)4-5-30-20(38)9-28(2,3)13-50-56(47,48)53-55(45,46)49-11-18-24(52-54(42,43)44)23(41)27(51-18)35-15-34-22-25(29)32-14-33-26(22)35/h10,14-18,23-24,27,41H,4-9,11-13H2,1-3H3,(H,30,38)(H,31,37)(H,39,40)(H,45,46)(H,47,48)(H2,29,32,33)(H2,42,43,44)/t16?,17?,18-,23-,24?,27?/m1/s1. The van der Waals surface area contributed by atoms with Crippen LogP contribution in [0.2, 0.25) is 0 Å². The van der Waals surface area contributed by atoms with Crippen molar-refractivity contribution in [3.63, 3.8) is 0 Å². The number of imidazole rings is 1. The summed E-state index contributed by atoms with van der Waals surface area (Å²) in [5.74, 6) is -1.85. The van der Waals surface area contributed by atoms with Gasteiger partial charge in [0.2, 0.25) is 11.8 Å². The second-order valence-electron chi connectivity index (χ2n) is 13.5. The van der Waals surface area contributed by atoms with Crippen LogP contribution in [-0.4, -0.2) is 129 Å². The first-order chi connectivity index (χ1) is 26.4. The molecule has 1 saturated heterocycles. The Morgan fingerprint density at radius 3 is 2.39 bits per heavy atom. The van der Waals surface area contributed by atoms with Gasteiger partial charge in [0, 0.05) is 49.8 Å². The van der Waals surface area contributed by atoms with Gasteiger partial charge in [0.15, 0.2) is 17.7 Å². The molecule has 1 aliphatic rings. The van der Waals surface area contributed by atoms with Crippen LogP contribution in [0.5, 0.6) is 0 Å². The zero-order chi connectivity index (χ0) is 42.8. The van der Waals surface area contributed by atoms with Gasteiger partial charge in [-0.1, -0.05) is 20.8 Å². The van der Waals surface area contributed by atoms with Crippen LogP contribution < -0.4 is 16.4 Å². The molecule has 2 amide bonds. The molecule has 6 unspecified atom stereocenters. The van der Waals surface area contributed by atoms with Gasteiger partial charge in [0.1, 0.15) is 36.4 Å². The first-order valence-corrected chi connectivity index (χ1v) is 22.5. The van der Waals surface area contributed by atoms with Gasteiger partial charge in [0.25, 0.3) is 0 Å². The van der Waals surface area contributed by atoms with Crippen LogP contribution in [0.15, 0.2) is 12.7 Å². The highest BCUT2D eigenvalue weighted by molar-refractivity contribution is 7.99. The minimum Gasteiger partial charge on any atom is -0.481 e. The lowest BCUT2D eigenvalue weighted by molar-refractivity contribution is -0.138. The van der Waals surface area contributed by atoms with E-state index in [1.54, 1.807) is 6.92 Å². The number of hydrogen-bond acceptors (Lipinski definition) is 18. The lowest BCUT2D eigenvalue weighted by atomic mass is 9.90. The zero-order valence-electron chi connectivity index (χ0n) is 30.8. The maximum Gasteiger partial charge on any atom is 0.481 e. The topological polar surface area (TPSA) is 381 Å². The molecule has 0 bridgehead atoms. The Labute approximate surface area is 329 Å². The third-order valence-corrected chi connectivity index (χ3v) is 12.3. The molecular weight excluding hydrogens is 847 g/mol. The Kier molecular flexibility index (Phi) is 17.7. The van der Waals surface area contributed by atoms with Crippen LogP contribution in [-0.2, 0) is 55.5 Å². The second-order valence-corrected chi connectivity index (χ2v) is 18.9. The van der Waals surface area contributed by atoms with Crippen molar-refractivity contribution in [2.75, 3.05) is 43.5 Å². The smallest absolute Gasteiger partial charge is 0.481 e. The molecule has 0 aliphatic carbocycles. The molecule has 3 rings (SSSR count). The number of thioether (sulfide) groups is 1. The lowest BCUT2D eigenvalue weighted by Crippen LogP contribution is -2.35. The number of nitrogens with one attached hydrogen (secondary N) is 2. The number of hydrogen-bond donors (Lipinski definition) is 9. The summed E-state index contributed by atoms with van der Waals surface area (Å²) in [7, 11) is -16.2. The van der Waals surface area contributed by atoms with Crippen molar-refractivity contribution >= 4 is 76.3 Å². The van der Waals surface area contributed by atoms with Crippen LogP contribution in [0.3, 0.4) is 0 Å². The number of aliphatic hydroxyl groups excluding tert-OH is 1. The number of carboxylic acid groups (broad SMARTS) is 1. The van der Waals surface area contributed by atoms with Crippen LogP contribution in [0.4, 0.5) is 5.82 Å². The van der Waals surface area contributed by atoms with Gasteiger partial charge in [-0.15, -0.1) is 0 Å². The molecule has 1 aliphatic heterocycles. The van der Waals surface area contributed by atoms with E-state index in [0.717, 1.165) is 23.5 Å². The van der Waals surface area contributed by atoms with Crippen molar-refractivity contribution in [1.29, 1.82) is 0 Å². The highest BCUT2D eigenvalue weighted by Gasteiger charge is 2.50. The van der Waals surface area contributed by atoms with Gasteiger partial charge < -0.3 is 55.7 Å². The quantitative estimate of drug-likeness (QED) is 0.0362. The summed E-state index contributed by atoms with van der Waals surface area (Å²) in [6.45, 7) is 3.09. The fourth-order valence-corrected chi connectivity index (χ4v) is 9.17. The number of nitrogens with two attached hydrogens (primary N) is 1. The third kappa shape index (κ3) is 16.0.